The highest BCUT2D eigenvalue weighted by Crippen LogP contribution is 2.41. The lowest BCUT2D eigenvalue weighted by molar-refractivity contribution is 0.108. The van der Waals surface area contributed by atoms with E-state index in [4.69, 9.17) is 19.4 Å². The SMILES string of the molecule is COCCS(=O)(=O)N1[C@@H]2CC[C@H]1CN(c1nc(OCC34CCCN3CCC4)nc3cc(-c4cc(O)cc5ccccc45)ccc13)C2. The van der Waals surface area contributed by atoms with Crippen LogP contribution in [0.4, 0.5) is 5.82 Å². The fourth-order valence-corrected chi connectivity index (χ4v) is 10.4. The molecule has 3 aromatic carbocycles. The van der Waals surface area contributed by atoms with E-state index in [2.05, 4.69) is 34.1 Å². The van der Waals surface area contributed by atoms with Gasteiger partial charge >= 0.3 is 6.01 Å². The zero-order chi connectivity index (χ0) is 31.5. The standard InChI is InChI=1S/C35H41N5O5S/c1-44-16-17-46(42,43)40-26-9-10-27(40)22-38(21-26)33-30-11-8-25(31-20-28(41)18-24-6-2-3-7-29(24)31)19-32(30)36-34(37-33)45-23-35-12-4-14-39(35)15-5-13-35/h2-3,6-8,11,18-20,26-27,41H,4-5,9-10,12-17,21-23H2,1H3/t26-,27+. The third-order valence-electron chi connectivity index (χ3n) is 10.7. The van der Waals surface area contributed by atoms with Gasteiger partial charge in [0.25, 0.3) is 0 Å². The van der Waals surface area contributed by atoms with E-state index in [0.717, 1.165) is 77.4 Å². The number of aromatic nitrogens is 2. The van der Waals surface area contributed by atoms with E-state index < -0.39 is 10.0 Å². The molecule has 0 unspecified atom stereocenters. The third kappa shape index (κ3) is 5.17. The van der Waals surface area contributed by atoms with Gasteiger partial charge in [-0.25, -0.2) is 8.42 Å². The van der Waals surface area contributed by atoms with E-state index in [0.29, 0.717) is 25.7 Å². The smallest absolute Gasteiger partial charge is 0.319 e. The van der Waals surface area contributed by atoms with E-state index >= 15 is 0 Å². The summed E-state index contributed by atoms with van der Waals surface area (Å²) in [6.45, 7) is 4.11. The van der Waals surface area contributed by atoms with Gasteiger partial charge in [-0.2, -0.15) is 14.3 Å². The minimum absolute atomic E-state index is 0.00378. The number of ether oxygens (including phenoxy) is 2. The van der Waals surface area contributed by atoms with Crippen LogP contribution in [0.2, 0.25) is 0 Å². The molecule has 0 aliphatic carbocycles. The van der Waals surface area contributed by atoms with E-state index in [1.807, 2.05) is 18.2 Å². The number of benzene rings is 3. The molecule has 0 radical (unpaired) electrons. The molecule has 11 heteroatoms. The monoisotopic (exact) mass is 643 g/mol. The summed E-state index contributed by atoms with van der Waals surface area (Å²) in [5.74, 6) is 0.994. The van der Waals surface area contributed by atoms with Gasteiger partial charge in [0.2, 0.25) is 10.0 Å². The number of phenolic OH excluding ortho intramolecular Hbond substituents is 1. The first-order valence-corrected chi connectivity index (χ1v) is 18.1. The topological polar surface area (TPSA) is 108 Å². The number of nitrogens with zero attached hydrogens (tertiary/aromatic N) is 5. The zero-order valence-electron chi connectivity index (χ0n) is 26.3. The Labute approximate surface area is 270 Å². The van der Waals surface area contributed by atoms with Crippen LogP contribution in [0.15, 0.2) is 54.6 Å². The predicted octanol–water partition coefficient (Wildman–Crippen LogP) is 4.79. The number of rotatable bonds is 9. The molecule has 8 rings (SSSR count). The number of sulfonamides is 1. The van der Waals surface area contributed by atoms with Gasteiger partial charge in [0.05, 0.1) is 23.4 Å². The summed E-state index contributed by atoms with van der Waals surface area (Å²) in [5.41, 5.74) is 2.70. The number of phenols is 1. The van der Waals surface area contributed by atoms with Crippen molar-refractivity contribution in [1.29, 1.82) is 0 Å². The highest BCUT2D eigenvalue weighted by atomic mass is 32.2. The average molecular weight is 644 g/mol. The summed E-state index contributed by atoms with van der Waals surface area (Å²) < 4.78 is 39.9. The Kier molecular flexibility index (Phi) is 7.55. The van der Waals surface area contributed by atoms with Crippen LogP contribution in [0.25, 0.3) is 32.8 Å². The molecule has 4 aromatic rings. The highest BCUT2D eigenvalue weighted by Gasteiger charge is 2.47. The minimum Gasteiger partial charge on any atom is -0.508 e. The van der Waals surface area contributed by atoms with Crippen molar-refractivity contribution in [2.75, 3.05) is 57.2 Å². The van der Waals surface area contributed by atoms with Gasteiger partial charge < -0.3 is 19.5 Å². The van der Waals surface area contributed by atoms with Crippen LogP contribution in [0, 0.1) is 0 Å². The molecule has 4 fully saturated rings. The van der Waals surface area contributed by atoms with Crippen molar-refractivity contribution in [1.82, 2.24) is 19.2 Å². The molecule has 5 heterocycles. The molecule has 0 spiro atoms. The first kappa shape index (κ1) is 29.9. The van der Waals surface area contributed by atoms with Crippen LogP contribution < -0.4 is 9.64 Å². The van der Waals surface area contributed by atoms with Crippen LogP contribution in [0.3, 0.4) is 0 Å². The van der Waals surface area contributed by atoms with Crippen LogP contribution in [0.5, 0.6) is 11.8 Å². The van der Waals surface area contributed by atoms with Gasteiger partial charge in [-0.1, -0.05) is 30.3 Å². The summed E-state index contributed by atoms with van der Waals surface area (Å²) in [6.07, 6.45) is 6.29. The van der Waals surface area contributed by atoms with Crippen molar-refractivity contribution in [2.45, 2.75) is 56.1 Å². The van der Waals surface area contributed by atoms with Crippen molar-refractivity contribution in [3.05, 3.63) is 54.6 Å². The lowest BCUT2D eigenvalue weighted by atomic mass is 9.95. The van der Waals surface area contributed by atoms with E-state index in [1.165, 1.54) is 20.0 Å². The maximum atomic E-state index is 13.3. The van der Waals surface area contributed by atoms with Crippen LogP contribution in [-0.2, 0) is 14.8 Å². The Morgan fingerprint density at radius 1 is 0.957 bits per heavy atom. The highest BCUT2D eigenvalue weighted by molar-refractivity contribution is 7.89. The number of methoxy groups -OCH3 is 1. The number of hydrogen-bond donors (Lipinski definition) is 1. The Morgan fingerprint density at radius 3 is 2.48 bits per heavy atom. The summed E-state index contributed by atoms with van der Waals surface area (Å²) in [7, 11) is -1.89. The largest absolute Gasteiger partial charge is 0.508 e. The summed E-state index contributed by atoms with van der Waals surface area (Å²) in [6, 6.07) is 17.9. The molecule has 1 N–H and O–H groups in total. The molecular formula is C35H41N5O5S. The number of piperazine rings is 1. The molecule has 0 saturated carbocycles. The molecular weight excluding hydrogens is 602 g/mol. The minimum atomic E-state index is -3.42. The van der Waals surface area contributed by atoms with E-state index in [-0.39, 0.29) is 35.7 Å². The van der Waals surface area contributed by atoms with Crippen molar-refractivity contribution in [3.8, 4) is 22.9 Å². The molecule has 2 bridgehead atoms. The third-order valence-corrected chi connectivity index (χ3v) is 12.6. The predicted molar refractivity (Wildman–Crippen MR) is 179 cm³/mol. The van der Waals surface area contributed by atoms with Gasteiger partial charge in [-0.3, -0.25) is 4.90 Å². The Hall–Kier alpha value is -3.51. The molecule has 4 saturated heterocycles. The van der Waals surface area contributed by atoms with E-state index in [1.54, 1.807) is 16.4 Å². The van der Waals surface area contributed by atoms with Crippen molar-refractivity contribution < 1.29 is 23.0 Å². The van der Waals surface area contributed by atoms with Crippen LogP contribution in [0.1, 0.15) is 38.5 Å². The summed E-state index contributed by atoms with van der Waals surface area (Å²) >= 11 is 0. The van der Waals surface area contributed by atoms with Crippen molar-refractivity contribution in [2.24, 2.45) is 0 Å². The molecule has 1 aromatic heterocycles. The molecule has 0 amide bonds. The lowest BCUT2D eigenvalue weighted by Crippen LogP contribution is -2.56. The number of anilines is 1. The fourth-order valence-electron chi connectivity index (χ4n) is 8.54. The normalized spacial score (nSPS) is 23.0. The van der Waals surface area contributed by atoms with Gasteiger partial charge in [-0.15, -0.1) is 0 Å². The molecule has 4 aliphatic heterocycles. The number of fused-ring (bicyclic) bond motifs is 5. The van der Waals surface area contributed by atoms with Gasteiger partial charge in [0.15, 0.2) is 0 Å². The first-order chi connectivity index (χ1) is 22.3. The number of hydrogen-bond acceptors (Lipinski definition) is 9. The number of aromatic hydroxyl groups is 1. The quantitative estimate of drug-likeness (QED) is 0.275. The van der Waals surface area contributed by atoms with Gasteiger partial charge in [-0.05, 0) is 97.8 Å². The summed E-state index contributed by atoms with van der Waals surface area (Å²) in [4.78, 5) is 14.8. The molecule has 4 aliphatic rings. The molecule has 10 nitrogen and oxygen atoms in total. The van der Waals surface area contributed by atoms with Gasteiger partial charge in [0, 0.05) is 37.7 Å². The fraction of sp³-hybridized carbons (Fsp3) is 0.486. The average Bonchev–Trinajstić information content (AvgIpc) is 3.73. The maximum Gasteiger partial charge on any atom is 0.319 e. The first-order valence-electron chi connectivity index (χ1n) is 16.5. The molecule has 242 valence electrons. The Balaban J connectivity index is 1.18. The van der Waals surface area contributed by atoms with E-state index in [9.17, 15) is 13.5 Å². The van der Waals surface area contributed by atoms with Crippen molar-refractivity contribution >= 4 is 37.5 Å². The molecule has 2 atom stereocenters. The lowest BCUT2D eigenvalue weighted by Gasteiger charge is -2.41. The summed E-state index contributed by atoms with van der Waals surface area (Å²) in [5, 5.41) is 13.5. The Morgan fingerprint density at radius 2 is 1.72 bits per heavy atom. The Bertz CT molecular complexity index is 1880. The van der Waals surface area contributed by atoms with Crippen LogP contribution in [-0.4, -0.2) is 103 Å². The van der Waals surface area contributed by atoms with Gasteiger partial charge in [0.1, 0.15) is 18.2 Å². The van der Waals surface area contributed by atoms with Crippen LogP contribution >= 0.6 is 0 Å². The zero-order valence-corrected chi connectivity index (χ0v) is 27.1. The maximum absolute atomic E-state index is 13.3. The second kappa shape index (κ2) is 11.6. The second-order valence-electron chi connectivity index (χ2n) is 13.4. The molecule has 46 heavy (non-hydrogen) atoms. The van der Waals surface area contributed by atoms with Crippen molar-refractivity contribution in [3.63, 3.8) is 0 Å². The second-order valence-corrected chi connectivity index (χ2v) is 15.4.